The largest absolute Gasteiger partial charge is 0.399 e. The number of rotatable bonds is 3. The molecule has 0 bridgehead atoms. The van der Waals surface area contributed by atoms with Gasteiger partial charge < -0.3 is 10.3 Å². The Morgan fingerprint density at radius 2 is 1.74 bits per heavy atom. The number of hydrogen-bond donors (Lipinski definition) is 1. The summed E-state index contributed by atoms with van der Waals surface area (Å²) < 4.78 is 2.52. The molecule has 0 aliphatic rings. The van der Waals surface area contributed by atoms with Crippen molar-refractivity contribution in [2.75, 3.05) is 5.73 Å². The van der Waals surface area contributed by atoms with Crippen LogP contribution in [0.5, 0.6) is 0 Å². The van der Waals surface area contributed by atoms with Crippen LogP contribution in [-0.4, -0.2) is 4.57 Å². The normalized spacial score (nSPS) is 12.5. The van der Waals surface area contributed by atoms with Gasteiger partial charge in [-0.05, 0) is 37.1 Å². The molecule has 2 nitrogen and oxygen atoms in total. The first-order valence-electron chi connectivity index (χ1n) is 7.29. The van der Waals surface area contributed by atoms with Crippen molar-refractivity contribution >= 4 is 16.6 Å². The maximum absolute atomic E-state index is 5.92. The van der Waals surface area contributed by atoms with E-state index in [2.05, 4.69) is 57.4 Å². The molecule has 2 heteroatoms. The third-order valence-electron chi connectivity index (χ3n) is 3.94. The SMILES string of the molecule is CCC(CC)n1c(C(C)(C)C)cc2cc(N)ccc21. The van der Waals surface area contributed by atoms with E-state index in [4.69, 9.17) is 5.73 Å². The minimum atomic E-state index is 0.149. The highest BCUT2D eigenvalue weighted by Crippen LogP contribution is 2.35. The zero-order valence-corrected chi connectivity index (χ0v) is 12.8. The molecule has 2 aromatic rings. The molecule has 0 radical (unpaired) electrons. The maximum Gasteiger partial charge on any atom is 0.0486 e. The molecule has 104 valence electrons. The molecular weight excluding hydrogens is 232 g/mol. The Hall–Kier alpha value is -1.44. The zero-order valence-electron chi connectivity index (χ0n) is 12.8. The van der Waals surface area contributed by atoms with Gasteiger partial charge in [0.05, 0.1) is 0 Å². The Labute approximate surface area is 116 Å². The molecule has 0 aliphatic heterocycles. The first kappa shape index (κ1) is 14.0. The third kappa shape index (κ3) is 2.49. The van der Waals surface area contributed by atoms with E-state index in [-0.39, 0.29) is 5.41 Å². The van der Waals surface area contributed by atoms with Crippen LogP contribution in [0.1, 0.15) is 59.2 Å². The molecule has 0 atom stereocenters. The van der Waals surface area contributed by atoms with Crippen LogP contribution in [0.2, 0.25) is 0 Å². The molecular formula is C17H26N2. The molecule has 0 saturated carbocycles. The fourth-order valence-corrected chi connectivity index (χ4v) is 2.88. The summed E-state index contributed by atoms with van der Waals surface area (Å²) in [5, 5.41) is 1.26. The van der Waals surface area contributed by atoms with E-state index in [0.29, 0.717) is 6.04 Å². The topological polar surface area (TPSA) is 30.9 Å². The lowest BCUT2D eigenvalue weighted by molar-refractivity contribution is 0.432. The lowest BCUT2D eigenvalue weighted by Crippen LogP contribution is -2.20. The zero-order chi connectivity index (χ0) is 14.2. The lowest BCUT2D eigenvalue weighted by Gasteiger charge is -2.27. The Balaban J connectivity index is 2.75. The molecule has 0 spiro atoms. The van der Waals surface area contributed by atoms with Crippen molar-refractivity contribution in [2.24, 2.45) is 0 Å². The molecule has 19 heavy (non-hydrogen) atoms. The van der Waals surface area contributed by atoms with Crippen LogP contribution >= 0.6 is 0 Å². The van der Waals surface area contributed by atoms with Gasteiger partial charge in [0.15, 0.2) is 0 Å². The Morgan fingerprint density at radius 1 is 1.11 bits per heavy atom. The van der Waals surface area contributed by atoms with Crippen LogP contribution in [0, 0.1) is 0 Å². The van der Waals surface area contributed by atoms with E-state index in [9.17, 15) is 0 Å². The summed E-state index contributed by atoms with van der Waals surface area (Å²) in [5.41, 5.74) is 9.63. The van der Waals surface area contributed by atoms with Crippen LogP contribution in [0.15, 0.2) is 24.3 Å². The molecule has 1 heterocycles. The summed E-state index contributed by atoms with van der Waals surface area (Å²) in [7, 11) is 0. The number of nitrogens with zero attached hydrogens (tertiary/aromatic N) is 1. The summed E-state index contributed by atoms with van der Waals surface area (Å²) in [4.78, 5) is 0. The van der Waals surface area contributed by atoms with Gasteiger partial charge >= 0.3 is 0 Å². The molecule has 0 unspecified atom stereocenters. The number of fused-ring (bicyclic) bond motifs is 1. The summed E-state index contributed by atoms with van der Waals surface area (Å²) in [6.07, 6.45) is 2.32. The number of nitrogens with two attached hydrogens (primary N) is 1. The summed E-state index contributed by atoms with van der Waals surface area (Å²) in [5.74, 6) is 0. The molecule has 1 aromatic carbocycles. The van der Waals surface area contributed by atoms with Gasteiger partial charge in [-0.25, -0.2) is 0 Å². The first-order chi connectivity index (χ1) is 8.88. The maximum atomic E-state index is 5.92. The lowest BCUT2D eigenvalue weighted by atomic mass is 9.91. The van der Waals surface area contributed by atoms with E-state index in [1.54, 1.807) is 0 Å². The molecule has 2 rings (SSSR count). The van der Waals surface area contributed by atoms with Gasteiger partial charge in [0, 0.05) is 33.7 Å². The van der Waals surface area contributed by atoms with Crippen molar-refractivity contribution in [3.8, 4) is 0 Å². The average Bonchev–Trinajstić information content (AvgIpc) is 2.69. The van der Waals surface area contributed by atoms with Gasteiger partial charge in [0.2, 0.25) is 0 Å². The van der Waals surface area contributed by atoms with E-state index in [1.165, 1.54) is 16.6 Å². The van der Waals surface area contributed by atoms with Crippen molar-refractivity contribution in [1.29, 1.82) is 0 Å². The van der Waals surface area contributed by atoms with Crippen molar-refractivity contribution in [3.63, 3.8) is 0 Å². The van der Waals surface area contributed by atoms with Crippen LogP contribution < -0.4 is 5.73 Å². The monoisotopic (exact) mass is 258 g/mol. The van der Waals surface area contributed by atoms with Crippen LogP contribution in [0.3, 0.4) is 0 Å². The van der Waals surface area contributed by atoms with Crippen molar-refractivity contribution in [3.05, 3.63) is 30.0 Å². The number of aromatic nitrogens is 1. The molecule has 0 fully saturated rings. The van der Waals surface area contributed by atoms with Gasteiger partial charge in [-0.15, -0.1) is 0 Å². The second-order valence-corrected chi connectivity index (χ2v) is 6.44. The van der Waals surface area contributed by atoms with Gasteiger partial charge in [-0.3, -0.25) is 0 Å². The summed E-state index contributed by atoms with van der Waals surface area (Å²) >= 11 is 0. The number of benzene rings is 1. The first-order valence-corrected chi connectivity index (χ1v) is 7.29. The van der Waals surface area contributed by atoms with Gasteiger partial charge in [0.25, 0.3) is 0 Å². The van der Waals surface area contributed by atoms with E-state index in [1.807, 2.05) is 6.07 Å². The van der Waals surface area contributed by atoms with Gasteiger partial charge in [-0.2, -0.15) is 0 Å². The Kier molecular flexibility index (Phi) is 3.62. The molecule has 0 amide bonds. The average molecular weight is 258 g/mol. The van der Waals surface area contributed by atoms with Crippen LogP contribution in [0.25, 0.3) is 10.9 Å². The van der Waals surface area contributed by atoms with Gasteiger partial charge in [-0.1, -0.05) is 34.6 Å². The molecule has 1 aromatic heterocycles. The number of nitrogen functional groups attached to an aromatic ring is 1. The Morgan fingerprint density at radius 3 is 2.26 bits per heavy atom. The highest BCUT2D eigenvalue weighted by Gasteiger charge is 2.23. The quantitative estimate of drug-likeness (QED) is 0.781. The second kappa shape index (κ2) is 4.92. The summed E-state index contributed by atoms with van der Waals surface area (Å²) in [6.45, 7) is 11.4. The van der Waals surface area contributed by atoms with Crippen LogP contribution in [0.4, 0.5) is 5.69 Å². The number of anilines is 1. The van der Waals surface area contributed by atoms with Crippen molar-refractivity contribution < 1.29 is 0 Å². The van der Waals surface area contributed by atoms with E-state index < -0.39 is 0 Å². The fourth-order valence-electron chi connectivity index (χ4n) is 2.88. The minimum absolute atomic E-state index is 0.149. The Bertz CT molecular complexity index is 569. The molecule has 0 saturated heterocycles. The predicted molar refractivity (Wildman–Crippen MR) is 84.7 cm³/mol. The van der Waals surface area contributed by atoms with Crippen LogP contribution in [-0.2, 0) is 5.41 Å². The van der Waals surface area contributed by atoms with Gasteiger partial charge in [0.1, 0.15) is 0 Å². The van der Waals surface area contributed by atoms with Crippen molar-refractivity contribution in [2.45, 2.75) is 58.9 Å². The minimum Gasteiger partial charge on any atom is -0.399 e. The highest BCUT2D eigenvalue weighted by molar-refractivity contribution is 5.85. The fraction of sp³-hybridized carbons (Fsp3) is 0.529. The van der Waals surface area contributed by atoms with Crippen molar-refractivity contribution in [1.82, 2.24) is 4.57 Å². The predicted octanol–water partition coefficient (Wildman–Crippen LogP) is 4.88. The standard InChI is InChI=1S/C17H26N2/c1-6-14(7-2)19-15-9-8-13(18)10-12(15)11-16(19)17(3,4)5/h8-11,14H,6-7,18H2,1-5H3. The highest BCUT2D eigenvalue weighted by atomic mass is 15.0. The second-order valence-electron chi connectivity index (χ2n) is 6.44. The van der Waals surface area contributed by atoms with E-state index in [0.717, 1.165) is 18.5 Å². The third-order valence-corrected chi connectivity index (χ3v) is 3.94. The molecule has 0 aliphatic carbocycles. The number of hydrogen-bond acceptors (Lipinski definition) is 1. The van der Waals surface area contributed by atoms with E-state index >= 15 is 0 Å². The smallest absolute Gasteiger partial charge is 0.0486 e. The summed E-state index contributed by atoms with van der Waals surface area (Å²) in [6, 6.07) is 9.13. The molecule has 2 N–H and O–H groups in total.